The third-order valence-corrected chi connectivity index (χ3v) is 4.97. The summed E-state index contributed by atoms with van der Waals surface area (Å²) in [4.78, 5) is 14.4. The van der Waals surface area contributed by atoms with Crippen LogP contribution in [0.4, 0.5) is 0 Å². The van der Waals surface area contributed by atoms with Crippen LogP contribution >= 0.6 is 0 Å². The number of carbonyl (C=O) groups excluding carboxylic acids is 1. The van der Waals surface area contributed by atoms with Crippen molar-refractivity contribution in [2.45, 2.75) is 63.3 Å². The van der Waals surface area contributed by atoms with E-state index in [1.807, 2.05) is 11.9 Å². The Labute approximate surface area is 109 Å². The highest BCUT2D eigenvalue weighted by atomic mass is 16.5. The van der Waals surface area contributed by atoms with Gasteiger partial charge in [-0.25, -0.2) is 0 Å². The predicted molar refractivity (Wildman–Crippen MR) is 69.3 cm³/mol. The zero-order valence-electron chi connectivity index (χ0n) is 11.4. The molecule has 3 fully saturated rings. The minimum atomic E-state index is -0.192. The molecule has 102 valence electrons. The first-order valence-corrected chi connectivity index (χ1v) is 7.29. The van der Waals surface area contributed by atoms with E-state index >= 15 is 0 Å². The van der Waals surface area contributed by atoms with E-state index in [1.165, 1.54) is 12.8 Å². The molecule has 4 atom stereocenters. The van der Waals surface area contributed by atoms with Crippen LogP contribution in [0.1, 0.15) is 39.0 Å². The van der Waals surface area contributed by atoms with Gasteiger partial charge in [-0.2, -0.15) is 0 Å². The van der Waals surface area contributed by atoms with E-state index in [0.29, 0.717) is 24.0 Å². The summed E-state index contributed by atoms with van der Waals surface area (Å²) < 4.78 is 5.60. The van der Waals surface area contributed by atoms with Gasteiger partial charge in [0.1, 0.15) is 6.10 Å². The van der Waals surface area contributed by atoms with Gasteiger partial charge in [-0.1, -0.05) is 6.92 Å². The largest absolute Gasteiger partial charge is 0.368 e. The van der Waals surface area contributed by atoms with Crippen LogP contribution < -0.4 is 5.32 Å². The third kappa shape index (κ3) is 2.16. The highest BCUT2D eigenvalue weighted by molar-refractivity contribution is 5.81. The fourth-order valence-corrected chi connectivity index (χ4v) is 3.74. The molecular weight excluding hydrogens is 228 g/mol. The third-order valence-electron chi connectivity index (χ3n) is 4.97. The number of amides is 1. The molecule has 1 amide bonds. The van der Waals surface area contributed by atoms with Gasteiger partial charge in [-0.05, 0) is 38.0 Å². The van der Waals surface area contributed by atoms with Crippen molar-refractivity contribution in [3.8, 4) is 0 Å². The Kier molecular flexibility index (Phi) is 3.32. The van der Waals surface area contributed by atoms with Crippen LogP contribution in [0.3, 0.4) is 0 Å². The Morgan fingerprint density at radius 3 is 2.44 bits per heavy atom. The summed E-state index contributed by atoms with van der Waals surface area (Å²) in [5, 5.41) is 3.62. The highest BCUT2D eigenvalue weighted by Gasteiger charge is 2.40. The second-order valence-electron chi connectivity index (χ2n) is 6.27. The molecule has 4 heteroatoms. The molecule has 3 aliphatic heterocycles. The predicted octanol–water partition coefficient (Wildman–Crippen LogP) is 1.15. The van der Waals surface area contributed by atoms with Crippen molar-refractivity contribution < 1.29 is 9.53 Å². The summed E-state index contributed by atoms with van der Waals surface area (Å²) in [7, 11) is 1.96. The van der Waals surface area contributed by atoms with E-state index in [0.717, 1.165) is 25.9 Å². The molecule has 3 saturated heterocycles. The zero-order chi connectivity index (χ0) is 12.7. The first-order valence-electron chi connectivity index (χ1n) is 7.29. The summed E-state index contributed by atoms with van der Waals surface area (Å²) in [5.74, 6) is 0.574. The summed E-state index contributed by atoms with van der Waals surface area (Å²) in [5.41, 5.74) is 0. The van der Waals surface area contributed by atoms with Crippen LogP contribution in [0.5, 0.6) is 0 Å². The van der Waals surface area contributed by atoms with Gasteiger partial charge in [0.25, 0.3) is 5.91 Å². The minimum Gasteiger partial charge on any atom is -0.368 e. The van der Waals surface area contributed by atoms with Gasteiger partial charge in [0, 0.05) is 31.8 Å². The van der Waals surface area contributed by atoms with Crippen molar-refractivity contribution in [1.82, 2.24) is 10.2 Å². The van der Waals surface area contributed by atoms with E-state index in [2.05, 4.69) is 12.2 Å². The number of hydrogen-bond donors (Lipinski definition) is 1. The number of nitrogens with zero attached hydrogens (tertiary/aromatic N) is 1. The molecule has 0 aromatic heterocycles. The van der Waals surface area contributed by atoms with Gasteiger partial charge >= 0.3 is 0 Å². The number of piperidine rings is 1. The van der Waals surface area contributed by atoms with Gasteiger partial charge in [0.05, 0.1) is 0 Å². The van der Waals surface area contributed by atoms with E-state index < -0.39 is 0 Å². The molecule has 2 bridgehead atoms. The fourth-order valence-electron chi connectivity index (χ4n) is 3.74. The maximum atomic E-state index is 12.5. The highest BCUT2D eigenvalue weighted by Crippen LogP contribution is 2.30. The normalized spacial score (nSPS) is 43.1. The molecule has 4 unspecified atom stereocenters. The van der Waals surface area contributed by atoms with Crippen molar-refractivity contribution in [3.05, 3.63) is 0 Å². The lowest BCUT2D eigenvalue weighted by molar-refractivity contribution is -0.144. The van der Waals surface area contributed by atoms with Gasteiger partial charge < -0.3 is 15.0 Å². The first-order chi connectivity index (χ1) is 8.65. The van der Waals surface area contributed by atoms with Gasteiger partial charge in [-0.3, -0.25) is 4.79 Å². The summed E-state index contributed by atoms with van der Waals surface area (Å²) in [6, 6.07) is 1.67. The molecule has 0 spiro atoms. The van der Waals surface area contributed by atoms with Gasteiger partial charge in [0.15, 0.2) is 0 Å². The molecule has 0 aromatic rings. The molecule has 4 nitrogen and oxygen atoms in total. The van der Waals surface area contributed by atoms with Crippen LogP contribution in [0, 0.1) is 5.92 Å². The Bertz CT molecular complexity index is 322. The molecule has 0 saturated carbocycles. The number of hydrogen-bond acceptors (Lipinski definition) is 3. The van der Waals surface area contributed by atoms with Crippen LogP contribution in [-0.2, 0) is 9.53 Å². The smallest absolute Gasteiger partial charge is 0.251 e. The average Bonchev–Trinajstić information content (AvgIpc) is 2.93. The number of carbonyl (C=O) groups is 1. The minimum absolute atomic E-state index is 0.192. The quantitative estimate of drug-likeness (QED) is 0.801. The Morgan fingerprint density at radius 1 is 1.22 bits per heavy atom. The fraction of sp³-hybridized carbons (Fsp3) is 0.929. The van der Waals surface area contributed by atoms with Crippen LogP contribution in [0.25, 0.3) is 0 Å². The molecule has 3 rings (SSSR count). The maximum Gasteiger partial charge on any atom is 0.251 e. The number of rotatable bonds is 2. The Morgan fingerprint density at radius 2 is 1.89 bits per heavy atom. The molecule has 18 heavy (non-hydrogen) atoms. The lowest BCUT2D eigenvalue weighted by atomic mass is 9.96. The first kappa shape index (κ1) is 12.4. The molecule has 0 aromatic carbocycles. The molecular formula is C14H24N2O2. The average molecular weight is 252 g/mol. The van der Waals surface area contributed by atoms with Crippen molar-refractivity contribution in [2.24, 2.45) is 5.92 Å². The van der Waals surface area contributed by atoms with Crippen molar-refractivity contribution in [3.63, 3.8) is 0 Å². The number of ether oxygens (including phenoxy) is 1. The maximum absolute atomic E-state index is 12.5. The van der Waals surface area contributed by atoms with Gasteiger partial charge in [0.2, 0.25) is 0 Å². The molecule has 0 radical (unpaired) electrons. The second-order valence-corrected chi connectivity index (χ2v) is 6.27. The van der Waals surface area contributed by atoms with E-state index in [-0.39, 0.29) is 12.0 Å². The topological polar surface area (TPSA) is 41.6 Å². The molecule has 3 heterocycles. The Hall–Kier alpha value is -0.610. The monoisotopic (exact) mass is 252 g/mol. The van der Waals surface area contributed by atoms with Crippen LogP contribution in [0.2, 0.25) is 0 Å². The Balaban J connectivity index is 1.63. The van der Waals surface area contributed by atoms with E-state index in [9.17, 15) is 4.79 Å². The standard InChI is InChI=1S/C14H24N2O2/c1-9-5-6-18-13(9)14(17)16(2)12-7-10-3-4-11(8-12)15-10/h9-13,15H,3-8H2,1-2H3. The number of fused-ring (bicyclic) bond motifs is 2. The lowest BCUT2D eigenvalue weighted by Crippen LogP contribution is -2.51. The molecule has 0 aliphatic carbocycles. The number of likely N-dealkylation sites (N-methyl/N-ethyl adjacent to an activating group) is 1. The summed E-state index contributed by atoms with van der Waals surface area (Å²) in [6.07, 6.45) is 5.60. The summed E-state index contributed by atoms with van der Waals surface area (Å²) >= 11 is 0. The van der Waals surface area contributed by atoms with Crippen LogP contribution in [0.15, 0.2) is 0 Å². The lowest BCUT2D eigenvalue weighted by Gasteiger charge is -2.37. The van der Waals surface area contributed by atoms with E-state index in [1.54, 1.807) is 0 Å². The number of nitrogens with one attached hydrogen (secondary N) is 1. The summed E-state index contributed by atoms with van der Waals surface area (Å²) in [6.45, 7) is 2.86. The van der Waals surface area contributed by atoms with Gasteiger partial charge in [-0.15, -0.1) is 0 Å². The van der Waals surface area contributed by atoms with E-state index in [4.69, 9.17) is 4.74 Å². The van der Waals surface area contributed by atoms with Crippen LogP contribution in [-0.4, -0.2) is 48.7 Å². The molecule has 1 N–H and O–H groups in total. The SMILES string of the molecule is CC1CCOC1C(=O)N(C)C1CC2CCC(C1)N2. The van der Waals surface area contributed by atoms with Crippen molar-refractivity contribution in [1.29, 1.82) is 0 Å². The second kappa shape index (κ2) is 4.82. The zero-order valence-corrected chi connectivity index (χ0v) is 11.4. The van der Waals surface area contributed by atoms with Crippen molar-refractivity contribution in [2.75, 3.05) is 13.7 Å². The van der Waals surface area contributed by atoms with Crippen molar-refractivity contribution >= 4 is 5.91 Å². The molecule has 3 aliphatic rings.